The number of hydrogen-bond donors (Lipinski definition) is 0. The summed E-state index contributed by atoms with van der Waals surface area (Å²) in [5.41, 5.74) is 1.49. The van der Waals surface area contributed by atoms with Gasteiger partial charge >= 0.3 is 0 Å². The molecule has 0 bridgehead atoms. The van der Waals surface area contributed by atoms with Crippen LogP contribution in [-0.4, -0.2) is 22.8 Å². The van der Waals surface area contributed by atoms with Gasteiger partial charge in [-0.05, 0) is 30.0 Å². The van der Waals surface area contributed by atoms with Gasteiger partial charge in [0, 0.05) is 29.8 Å². The van der Waals surface area contributed by atoms with Gasteiger partial charge in [-0.1, -0.05) is 0 Å². The molecule has 2 heterocycles. The number of hydrogen-bond acceptors (Lipinski definition) is 3. The summed E-state index contributed by atoms with van der Waals surface area (Å²) in [6.07, 6.45) is 1.30. The Hall–Kier alpha value is -1.75. The summed E-state index contributed by atoms with van der Waals surface area (Å²) in [4.78, 5) is 18.2. The summed E-state index contributed by atoms with van der Waals surface area (Å²) >= 11 is 1.61. The minimum atomic E-state index is -0.637. The van der Waals surface area contributed by atoms with Crippen molar-refractivity contribution in [2.45, 2.75) is 13.5 Å². The molecule has 94 valence electrons. The molecule has 18 heavy (non-hydrogen) atoms. The lowest BCUT2D eigenvalue weighted by Crippen LogP contribution is -2.26. The number of amides is 1. The zero-order valence-corrected chi connectivity index (χ0v) is 11.0. The van der Waals surface area contributed by atoms with Crippen molar-refractivity contribution < 1.29 is 9.18 Å². The number of rotatable bonds is 3. The molecule has 0 saturated heterocycles. The van der Waals surface area contributed by atoms with Gasteiger partial charge in [-0.25, -0.2) is 4.98 Å². The number of nitrogens with zero attached hydrogens (tertiary/aromatic N) is 2. The standard InChI is InChI=1S/C13H13FN2OS/c1-9-4-6-18-11(9)8-16(2)13(17)10-3-5-15-12(14)7-10/h3-7H,8H2,1-2H3. The van der Waals surface area contributed by atoms with Crippen molar-refractivity contribution in [1.82, 2.24) is 9.88 Å². The first-order chi connectivity index (χ1) is 8.58. The monoisotopic (exact) mass is 264 g/mol. The van der Waals surface area contributed by atoms with E-state index in [0.29, 0.717) is 12.1 Å². The predicted molar refractivity (Wildman–Crippen MR) is 69.0 cm³/mol. The highest BCUT2D eigenvalue weighted by Crippen LogP contribution is 2.18. The maximum absolute atomic E-state index is 13.0. The molecule has 3 nitrogen and oxygen atoms in total. The molecule has 0 N–H and O–H groups in total. The first-order valence-electron chi connectivity index (χ1n) is 5.48. The van der Waals surface area contributed by atoms with E-state index < -0.39 is 5.95 Å². The van der Waals surface area contributed by atoms with E-state index in [9.17, 15) is 9.18 Å². The van der Waals surface area contributed by atoms with Crippen molar-refractivity contribution >= 4 is 17.2 Å². The molecule has 0 aliphatic carbocycles. The average molecular weight is 264 g/mol. The van der Waals surface area contributed by atoms with Crippen molar-refractivity contribution in [3.8, 4) is 0 Å². The van der Waals surface area contributed by atoms with E-state index in [4.69, 9.17) is 0 Å². The summed E-state index contributed by atoms with van der Waals surface area (Å²) in [5.74, 6) is -0.842. The minimum Gasteiger partial charge on any atom is -0.337 e. The van der Waals surface area contributed by atoms with Crippen LogP contribution in [0.1, 0.15) is 20.8 Å². The Morgan fingerprint density at radius 2 is 2.28 bits per heavy atom. The third kappa shape index (κ3) is 2.73. The average Bonchev–Trinajstić information content (AvgIpc) is 2.74. The number of pyridine rings is 1. The summed E-state index contributed by atoms with van der Waals surface area (Å²) in [6, 6.07) is 4.69. The SMILES string of the molecule is Cc1ccsc1CN(C)C(=O)c1ccnc(F)c1. The second-order valence-electron chi connectivity index (χ2n) is 4.06. The van der Waals surface area contributed by atoms with Gasteiger partial charge in [0.2, 0.25) is 5.95 Å². The first-order valence-corrected chi connectivity index (χ1v) is 6.36. The third-order valence-corrected chi connectivity index (χ3v) is 3.68. The molecule has 0 radical (unpaired) electrons. The molecular formula is C13H13FN2OS. The zero-order valence-electron chi connectivity index (χ0n) is 10.2. The first kappa shape index (κ1) is 12.7. The quantitative estimate of drug-likeness (QED) is 0.799. The molecule has 1 amide bonds. The molecule has 0 aromatic carbocycles. The fourth-order valence-corrected chi connectivity index (χ4v) is 2.57. The summed E-state index contributed by atoms with van der Waals surface area (Å²) in [6.45, 7) is 2.54. The number of thiophene rings is 1. The van der Waals surface area contributed by atoms with Crippen LogP contribution in [-0.2, 0) is 6.54 Å². The van der Waals surface area contributed by atoms with E-state index in [1.165, 1.54) is 17.8 Å². The fraction of sp³-hybridized carbons (Fsp3) is 0.231. The lowest BCUT2D eigenvalue weighted by Gasteiger charge is -2.16. The molecule has 2 rings (SSSR count). The second kappa shape index (κ2) is 5.27. The highest BCUT2D eigenvalue weighted by atomic mass is 32.1. The van der Waals surface area contributed by atoms with Crippen LogP contribution < -0.4 is 0 Å². The number of halogens is 1. The Morgan fingerprint density at radius 3 is 2.89 bits per heavy atom. The van der Waals surface area contributed by atoms with E-state index in [1.807, 2.05) is 18.4 Å². The summed E-state index contributed by atoms with van der Waals surface area (Å²) < 4.78 is 13.0. The van der Waals surface area contributed by atoms with Crippen molar-refractivity contribution in [2.24, 2.45) is 0 Å². The van der Waals surface area contributed by atoms with Crippen LogP contribution in [0.3, 0.4) is 0 Å². The number of carbonyl (C=O) groups is 1. The van der Waals surface area contributed by atoms with E-state index in [2.05, 4.69) is 4.98 Å². The van der Waals surface area contributed by atoms with Gasteiger partial charge in [0.1, 0.15) is 0 Å². The van der Waals surface area contributed by atoms with Gasteiger partial charge in [-0.2, -0.15) is 4.39 Å². The van der Waals surface area contributed by atoms with Crippen LogP contribution in [0, 0.1) is 12.9 Å². The van der Waals surface area contributed by atoms with Gasteiger partial charge in [-0.3, -0.25) is 4.79 Å². The van der Waals surface area contributed by atoms with Crippen molar-refractivity contribution in [3.05, 3.63) is 51.7 Å². The second-order valence-corrected chi connectivity index (χ2v) is 5.06. The van der Waals surface area contributed by atoms with Crippen LogP contribution in [0.15, 0.2) is 29.8 Å². The lowest BCUT2D eigenvalue weighted by molar-refractivity contribution is 0.0785. The molecular weight excluding hydrogens is 251 g/mol. The maximum Gasteiger partial charge on any atom is 0.254 e. The molecule has 0 unspecified atom stereocenters. The Labute approximate surface area is 109 Å². The minimum absolute atomic E-state index is 0.205. The highest BCUT2D eigenvalue weighted by molar-refractivity contribution is 7.10. The van der Waals surface area contributed by atoms with E-state index in [1.54, 1.807) is 23.3 Å². The molecule has 0 aliphatic rings. The number of aryl methyl sites for hydroxylation is 1. The molecule has 0 spiro atoms. The topological polar surface area (TPSA) is 33.2 Å². The molecule has 0 atom stereocenters. The Morgan fingerprint density at radius 1 is 1.50 bits per heavy atom. The van der Waals surface area contributed by atoms with Crippen LogP contribution >= 0.6 is 11.3 Å². The normalized spacial score (nSPS) is 10.4. The largest absolute Gasteiger partial charge is 0.337 e. The molecule has 2 aromatic heterocycles. The van der Waals surface area contributed by atoms with Gasteiger partial charge in [0.15, 0.2) is 0 Å². The molecule has 5 heteroatoms. The Balaban J connectivity index is 2.12. The molecule has 2 aromatic rings. The van der Waals surface area contributed by atoms with Gasteiger partial charge < -0.3 is 4.90 Å². The third-order valence-electron chi connectivity index (χ3n) is 2.67. The molecule has 0 fully saturated rings. The van der Waals surface area contributed by atoms with E-state index in [0.717, 1.165) is 10.9 Å². The van der Waals surface area contributed by atoms with Crippen molar-refractivity contribution in [3.63, 3.8) is 0 Å². The van der Waals surface area contributed by atoms with Crippen LogP contribution in [0.2, 0.25) is 0 Å². The van der Waals surface area contributed by atoms with Crippen molar-refractivity contribution in [2.75, 3.05) is 7.05 Å². The molecule has 0 aliphatic heterocycles. The maximum atomic E-state index is 13.0. The predicted octanol–water partition coefficient (Wildman–Crippen LogP) is 2.86. The fourth-order valence-electron chi connectivity index (χ4n) is 1.61. The lowest BCUT2D eigenvalue weighted by atomic mass is 10.2. The van der Waals surface area contributed by atoms with Crippen molar-refractivity contribution in [1.29, 1.82) is 0 Å². The smallest absolute Gasteiger partial charge is 0.254 e. The highest BCUT2D eigenvalue weighted by Gasteiger charge is 2.14. The zero-order chi connectivity index (χ0) is 13.1. The summed E-state index contributed by atoms with van der Waals surface area (Å²) in [5, 5.41) is 2.00. The number of aromatic nitrogens is 1. The Bertz CT molecular complexity index is 568. The van der Waals surface area contributed by atoms with Gasteiger partial charge in [0.05, 0.1) is 6.54 Å². The van der Waals surface area contributed by atoms with Gasteiger partial charge in [0.25, 0.3) is 5.91 Å². The van der Waals surface area contributed by atoms with Crippen LogP contribution in [0.5, 0.6) is 0 Å². The summed E-state index contributed by atoms with van der Waals surface area (Å²) in [7, 11) is 1.71. The Kier molecular flexibility index (Phi) is 3.72. The van der Waals surface area contributed by atoms with E-state index in [-0.39, 0.29) is 5.91 Å². The molecule has 0 saturated carbocycles. The van der Waals surface area contributed by atoms with Crippen LogP contribution in [0.4, 0.5) is 4.39 Å². The van der Waals surface area contributed by atoms with E-state index >= 15 is 0 Å². The number of carbonyl (C=O) groups excluding carboxylic acids is 1. The van der Waals surface area contributed by atoms with Gasteiger partial charge in [-0.15, -0.1) is 11.3 Å². The van der Waals surface area contributed by atoms with Crippen LogP contribution in [0.25, 0.3) is 0 Å².